The van der Waals surface area contributed by atoms with Crippen LogP contribution < -0.4 is 0 Å². The molecule has 0 bridgehead atoms. The minimum absolute atomic E-state index is 0.0519. The van der Waals surface area contributed by atoms with Crippen molar-refractivity contribution in [2.45, 2.75) is 58.0 Å². The van der Waals surface area contributed by atoms with E-state index >= 15 is 0 Å². The van der Waals surface area contributed by atoms with E-state index in [1.165, 1.54) is 0 Å². The predicted octanol–water partition coefficient (Wildman–Crippen LogP) is 2.92. The molecule has 0 saturated heterocycles. The third kappa shape index (κ3) is 3.76. The fraction of sp³-hybridized carbons (Fsp3) is 0.769. The van der Waals surface area contributed by atoms with Crippen molar-refractivity contribution in [3.05, 3.63) is 12.2 Å². The summed E-state index contributed by atoms with van der Waals surface area (Å²) in [6, 6.07) is 0. The fourth-order valence-electron chi connectivity index (χ4n) is 1.34. The Balaban J connectivity index is 2.44. The van der Waals surface area contributed by atoms with Gasteiger partial charge in [-0.25, -0.2) is 0 Å². The van der Waals surface area contributed by atoms with E-state index < -0.39 is 8.32 Å². The van der Waals surface area contributed by atoms with Gasteiger partial charge in [-0.3, -0.25) is 4.79 Å². The molecule has 0 aromatic heterocycles. The van der Waals surface area contributed by atoms with E-state index in [9.17, 15) is 4.79 Å². The average molecular weight is 256 g/mol. The molecule has 0 saturated carbocycles. The first-order chi connectivity index (χ1) is 7.63. The Bertz CT molecular complexity index is 315. The Hall–Kier alpha value is -0.453. The molecular weight excluding hydrogens is 232 g/mol. The lowest BCUT2D eigenvalue weighted by atomic mass is 10.2. The van der Waals surface area contributed by atoms with Crippen LogP contribution >= 0.6 is 0 Å². The summed E-state index contributed by atoms with van der Waals surface area (Å²) in [4.78, 5) is 11.1. The molecule has 1 aliphatic heterocycles. The first-order valence-electron chi connectivity index (χ1n) is 6.12. The molecule has 1 heterocycles. The van der Waals surface area contributed by atoms with Gasteiger partial charge in [0.05, 0.1) is 12.7 Å². The van der Waals surface area contributed by atoms with Crippen LogP contribution in [-0.2, 0) is 14.0 Å². The first kappa shape index (κ1) is 14.6. The molecule has 0 N–H and O–H groups in total. The number of carbonyl (C=O) groups excluding carboxylic acids is 1. The quantitative estimate of drug-likeness (QED) is 0.573. The number of carbonyl (C=O) groups is 1. The predicted molar refractivity (Wildman–Crippen MR) is 71.6 cm³/mol. The van der Waals surface area contributed by atoms with Crippen LogP contribution in [0.3, 0.4) is 0 Å². The largest absolute Gasteiger partial charge is 0.414 e. The summed E-state index contributed by atoms with van der Waals surface area (Å²) < 4.78 is 11.6. The number of ether oxygens (including phenoxy) is 1. The Kier molecular flexibility index (Phi) is 4.33. The maximum absolute atomic E-state index is 11.1. The molecule has 0 amide bonds. The summed E-state index contributed by atoms with van der Waals surface area (Å²) in [5.41, 5.74) is 0. The van der Waals surface area contributed by atoms with Crippen molar-refractivity contribution in [3.8, 4) is 0 Å². The monoisotopic (exact) mass is 256 g/mol. The molecule has 0 aromatic carbocycles. The zero-order valence-corrected chi connectivity index (χ0v) is 12.7. The molecule has 2 atom stereocenters. The van der Waals surface area contributed by atoms with E-state index in [1.807, 2.05) is 12.2 Å². The summed E-state index contributed by atoms with van der Waals surface area (Å²) in [6.45, 7) is 13.2. The van der Waals surface area contributed by atoms with Gasteiger partial charge in [0.1, 0.15) is 6.10 Å². The second kappa shape index (κ2) is 5.04. The lowest BCUT2D eigenvalue weighted by molar-refractivity contribution is -0.126. The molecule has 2 unspecified atom stereocenters. The van der Waals surface area contributed by atoms with Gasteiger partial charge in [-0.15, -0.1) is 0 Å². The maximum Gasteiger partial charge on any atom is 0.192 e. The molecule has 0 spiro atoms. The van der Waals surface area contributed by atoms with Gasteiger partial charge in [0.15, 0.2) is 14.1 Å². The van der Waals surface area contributed by atoms with E-state index in [-0.39, 0.29) is 23.0 Å². The van der Waals surface area contributed by atoms with Crippen LogP contribution in [0.5, 0.6) is 0 Å². The van der Waals surface area contributed by atoms with Gasteiger partial charge in [0, 0.05) is 0 Å². The van der Waals surface area contributed by atoms with Crippen LogP contribution in [0.1, 0.15) is 27.7 Å². The first-order valence-corrected chi connectivity index (χ1v) is 9.02. The molecule has 0 radical (unpaired) electrons. The molecule has 17 heavy (non-hydrogen) atoms. The van der Waals surface area contributed by atoms with Crippen molar-refractivity contribution in [2.75, 3.05) is 6.61 Å². The number of Topliss-reactive ketones (excluding diaryl/α,β-unsaturated/α-hetero) is 1. The number of hydrogen-bond acceptors (Lipinski definition) is 3. The zero-order valence-electron chi connectivity index (χ0n) is 11.7. The second-order valence-corrected chi connectivity index (χ2v) is 11.0. The third-order valence-corrected chi connectivity index (χ3v) is 8.14. The molecule has 0 aliphatic carbocycles. The maximum atomic E-state index is 11.1. The SMILES string of the molecule is CC(=O)C1C=CC(CO[Si](C)(C)C(C)(C)C)O1. The second-order valence-electron chi connectivity index (χ2n) is 6.16. The molecule has 3 nitrogen and oxygen atoms in total. The summed E-state index contributed by atoms with van der Waals surface area (Å²) in [7, 11) is -1.72. The highest BCUT2D eigenvalue weighted by atomic mass is 28.4. The van der Waals surface area contributed by atoms with Gasteiger partial charge >= 0.3 is 0 Å². The topological polar surface area (TPSA) is 35.5 Å². The number of hydrogen-bond donors (Lipinski definition) is 0. The molecule has 1 rings (SSSR count). The van der Waals surface area contributed by atoms with Gasteiger partial charge in [-0.05, 0) is 31.1 Å². The van der Waals surface area contributed by atoms with Gasteiger partial charge in [-0.1, -0.05) is 26.8 Å². The highest BCUT2D eigenvalue weighted by Gasteiger charge is 2.38. The Labute approximate surface area is 105 Å². The van der Waals surface area contributed by atoms with Crippen molar-refractivity contribution < 1.29 is 14.0 Å². The van der Waals surface area contributed by atoms with Crippen LogP contribution in [-0.4, -0.2) is 32.9 Å². The van der Waals surface area contributed by atoms with Crippen LogP contribution in [0.25, 0.3) is 0 Å². The minimum Gasteiger partial charge on any atom is -0.414 e. The summed E-state index contributed by atoms with van der Waals surface area (Å²) in [5.74, 6) is 0.0519. The molecule has 0 aromatic rings. The highest BCUT2D eigenvalue weighted by molar-refractivity contribution is 6.74. The summed E-state index contributed by atoms with van der Waals surface area (Å²) in [6.07, 6.45) is 3.31. The van der Waals surface area contributed by atoms with Gasteiger partial charge in [0.2, 0.25) is 0 Å². The number of rotatable bonds is 4. The van der Waals surface area contributed by atoms with Crippen molar-refractivity contribution in [1.29, 1.82) is 0 Å². The molecule has 1 aliphatic rings. The van der Waals surface area contributed by atoms with E-state index in [4.69, 9.17) is 9.16 Å². The Morgan fingerprint density at radius 3 is 2.35 bits per heavy atom. The molecule has 4 heteroatoms. The van der Waals surface area contributed by atoms with Gasteiger partial charge < -0.3 is 9.16 Å². The standard InChI is InChI=1S/C13H24O3Si/c1-10(14)12-8-7-11(16-12)9-15-17(5,6)13(2,3)4/h7-8,11-12H,9H2,1-6H3. The van der Waals surface area contributed by atoms with Crippen molar-refractivity contribution in [1.82, 2.24) is 0 Å². The lowest BCUT2D eigenvalue weighted by Gasteiger charge is -2.36. The Morgan fingerprint density at radius 1 is 1.35 bits per heavy atom. The summed E-state index contributed by atoms with van der Waals surface area (Å²) >= 11 is 0. The van der Waals surface area contributed by atoms with Crippen LogP contribution in [0.15, 0.2) is 12.2 Å². The normalized spacial score (nSPS) is 25.3. The fourth-order valence-corrected chi connectivity index (χ4v) is 2.35. The zero-order chi connectivity index (χ0) is 13.3. The van der Waals surface area contributed by atoms with Crippen LogP contribution in [0.2, 0.25) is 18.1 Å². The van der Waals surface area contributed by atoms with E-state index in [0.29, 0.717) is 6.61 Å². The molecule has 0 fully saturated rings. The molecule has 98 valence electrons. The van der Waals surface area contributed by atoms with Crippen LogP contribution in [0, 0.1) is 0 Å². The molecular formula is C13H24O3Si. The average Bonchev–Trinajstić information content (AvgIpc) is 2.61. The third-order valence-electron chi connectivity index (χ3n) is 3.64. The highest BCUT2D eigenvalue weighted by Crippen LogP contribution is 2.36. The smallest absolute Gasteiger partial charge is 0.192 e. The minimum atomic E-state index is -1.72. The lowest BCUT2D eigenvalue weighted by Crippen LogP contribution is -2.42. The summed E-state index contributed by atoms with van der Waals surface area (Å²) in [5, 5.41) is 0.204. The van der Waals surface area contributed by atoms with E-state index in [0.717, 1.165) is 0 Å². The van der Waals surface area contributed by atoms with Gasteiger partial charge in [0.25, 0.3) is 0 Å². The van der Waals surface area contributed by atoms with E-state index in [1.54, 1.807) is 6.92 Å². The van der Waals surface area contributed by atoms with Crippen molar-refractivity contribution in [2.24, 2.45) is 0 Å². The van der Waals surface area contributed by atoms with Crippen molar-refractivity contribution in [3.63, 3.8) is 0 Å². The van der Waals surface area contributed by atoms with Crippen molar-refractivity contribution >= 4 is 14.1 Å². The van der Waals surface area contributed by atoms with Crippen LogP contribution in [0.4, 0.5) is 0 Å². The van der Waals surface area contributed by atoms with Gasteiger partial charge in [-0.2, -0.15) is 0 Å². The number of ketones is 1. The van der Waals surface area contributed by atoms with E-state index in [2.05, 4.69) is 33.9 Å². The Morgan fingerprint density at radius 2 is 1.94 bits per heavy atom.